The topological polar surface area (TPSA) is 35.2 Å². The summed E-state index contributed by atoms with van der Waals surface area (Å²) in [5, 5.41) is 0. The summed E-state index contributed by atoms with van der Waals surface area (Å²) in [6, 6.07) is 8.52. The lowest BCUT2D eigenvalue weighted by Crippen LogP contribution is -2.16. The van der Waals surface area contributed by atoms with Gasteiger partial charge in [-0.3, -0.25) is 0 Å². The third-order valence-electron chi connectivity index (χ3n) is 5.58. The molecule has 0 saturated heterocycles. The molecule has 0 heterocycles. The largest absolute Gasteiger partial charge is 0.490 e. The Morgan fingerprint density at radius 3 is 2.00 bits per heavy atom. The lowest BCUT2D eigenvalue weighted by atomic mass is 9.97. The molecule has 3 rings (SSSR count). The summed E-state index contributed by atoms with van der Waals surface area (Å²) in [4.78, 5) is 0. The molecule has 2 nitrogen and oxygen atoms in total. The lowest BCUT2D eigenvalue weighted by Gasteiger charge is -2.15. The van der Waals surface area contributed by atoms with Crippen molar-refractivity contribution in [3.05, 3.63) is 29.8 Å². The Morgan fingerprint density at radius 1 is 1.05 bits per heavy atom. The van der Waals surface area contributed by atoms with Gasteiger partial charge in [0, 0.05) is 6.04 Å². The van der Waals surface area contributed by atoms with Crippen LogP contribution in [0.4, 0.5) is 0 Å². The fraction of sp³-hybridized carbons (Fsp3) is 0.647. The minimum Gasteiger partial charge on any atom is -0.490 e. The van der Waals surface area contributed by atoms with Crippen molar-refractivity contribution in [1.82, 2.24) is 0 Å². The van der Waals surface area contributed by atoms with Gasteiger partial charge in [-0.15, -0.1) is 0 Å². The number of hydrogen-bond acceptors (Lipinski definition) is 2. The molecule has 2 N–H and O–H groups in total. The Morgan fingerprint density at radius 2 is 1.58 bits per heavy atom. The second-order valence-corrected chi connectivity index (χ2v) is 7.33. The van der Waals surface area contributed by atoms with Crippen molar-refractivity contribution in [2.45, 2.75) is 52.7 Å². The van der Waals surface area contributed by atoms with Crippen LogP contribution in [-0.4, -0.2) is 6.10 Å². The summed E-state index contributed by atoms with van der Waals surface area (Å²) in [5.74, 6) is 1.53. The highest BCUT2D eigenvalue weighted by Crippen LogP contribution is 2.71. The van der Waals surface area contributed by atoms with E-state index in [1.165, 1.54) is 18.4 Å². The van der Waals surface area contributed by atoms with Gasteiger partial charge in [-0.1, -0.05) is 39.8 Å². The van der Waals surface area contributed by atoms with Crippen molar-refractivity contribution in [1.29, 1.82) is 0 Å². The molecule has 0 amide bonds. The van der Waals surface area contributed by atoms with Gasteiger partial charge in [-0.25, -0.2) is 0 Å². The van der Waals surface area contributed by atoms with Crippen molar-refractivity contribution >= 4 is 0 Å². The van der Waals surface area contributed by atoms with Crippen LogP contribution in [0.1, 0.15) is 52.1 Å². The van der Waals surface area contributed by atoms with E-state index in [2.05, 4.69) is 52.0 Å². The van der Waals surface area contributed by atoms with Crippen molar-refractivity contribution in [3.63, 3.8) is 0 Å². The molecule has 2 aliphatic rings. The van der Waals surface area contributed by atoms with Crippen LogP contribution >= 0.6 is 0 Å². The van der Waals surface area contributed by atoms with Crippen LogP contribution in [0, 0.1) is 16.7 Å². The molecule has 19 heavy (non-hydrogen) atoms. The second-order valence-electron chi connectivity index (χ2n) is 7.33. The molecule has 1 aromatic carbocycles. The van der Waals surface area contributed by atoms with Crippen LogP contribution < -0.4 is 10.5 Å². The first-order valence-corrected chi connectivity index (χ1v) is 7.36. The fourth-order valence-corrected chi connectivity index (χ4v) is 3.48. The van der Waals surface area contributed by atoms with E-state index < -0.39 is 0 Å². The molecular weight excluding hydrogens is 234 g/mol. The van der Waals surface area contributed by atoms with Gasteiger partial charge in [0.2, 0.25) is 0 Å². The first-order chi connectivity index (χ1) is 8.84. The summed E-state index contributed by atoms with van der Waals surface area (Å²) >= 11 is 0. The molecule has 1 unspecified atom stereocenters. The van der Waals surface area contributed by atoms with Crippen molar-refractivity contribution in [3.8, 4) is 5.75 Å². The second kappa shape index (κ2) is 3.99. The number of rotatable bonds is 4. The highest BCUT2D eigenvalue weighted by atomic mass is 16.5. The molecule has 1 atom stereocenters. The maximum Gasteiger partial charge on any atom is 0.119 e. The van der Waals surface area contributed by atoms with Gasteiger partial charge in [0.1, 0.15) is 5.75 Å². The molecule has 1 aromatic rings. The van der Waals surface area contributed by atoms with Crippen LogP contribution in [0.15, 0.2) is 24.3 Å². The van der Waals surface area contributed by atoms with Gasteiger partial charge in [0.15, 0.2) is 0 Å². The van der Waals surface area contributed by atoms with E-state index in [-0.39, 0.29) is 6.04 Å². The highest BCUT2D eigenvalue weighted by Gasteiger charge is 2.66. The standard InChI is InChI=1S/C17H25NO/c1-16(2)15(17(16,3)4)14(18)11-5-7-12(8-6-11)19-13-9-10-13/h5-8,13-15H,9-10,18H2,1-4H3. The molecule has 0 aromatic heterocycles. The van der Waals surface area contributed by atoms with Crippen LogP contribution in [0.5, 0.6) is 5.75 Å². The van der Waals surface area contributed by atoms with Gasteiger partial charge in [0.05, 0.1) is 6.10 Å². The Balaban J connectivity index is 1.72. The SMILES string of the molecule is CC1(C)C(C(N)c2ccc(OC3CC3)cc2)C1(C)C. The third-order valence-corrected chi connectivity index (χ3v) is 5.58. The maximum atomic E-state index is 6.47. The van der Waals surface area contributed by atoms with Crippen molar-refractivity contribution < 1.29 is 4.74 Å². The predicted octanol–water partition coefficient (Wildman–Crippen LogP) is 3.91. The van der Waals surface area contributed by atoms with E-state index >= 15 is 0 Å². The van der Waals surface area contributed by atoms with E-state index in [1.807, 2.05) is 0 Å². The fourth-order valence-electron chi connectivity index (χ4n) is 3.48. The van der Waals surface area contributed by atoms with Gasteiger partial charge < -0.3 is 10.5 Å². The first-order valence-electron chi connectivity index (χ1n) is 7.36. The van der Waals surface area contributed by atoms with E-state index in [1.54, 1.807) is 0 Å². The first kappa shape index (κ1) is 13.0. The number of hydrogen-bond donors (Lipinski definition) is 1. The predicted molar refractivity (Wildman–Crippen MR) is 78.1 cm³/mol. The van der Waals surface area contributed by atoms with E-state index in [0.29, 0.717) is 22.9 Å². The van der Waals surface area contributed by atoms with Crippen molar-refractivity contribution in [2.24, 2.45) is 22.5 Å². The molecule has 0 spiro atoms. The van der Waals surface area contributed by atoms with E-state index in [0.717, 1.165) is 5.75 Å². The zero-order valence-corrected chi connectivity index (χ0v) is 12.4. The van der Waals surface area contributed by atoms with E-state index in [4.69, 9.17) is 10.5 Å². The van der Waals surface area contributed by atoms with Crippen LogP contribution in [0.25, 0.3) is 0 Å². The number of ether oxygens (including phenoxy) is 1. The normalized spacial score (nSPS) is 25.9. The minimum atomic E-state index is 0.125. The maximum absolute atomic E-state index is 6.47. The molecule has 2 heteroatoms. The Hall–Kier alpha value is -1.02. The smallest absolute Gasteiger partial charge is 0.119 e. The minimum absolute atomic E-state index is 0.125. The number of benzene rings is 1. The van der Waals surface area contributed by atoms with Crippen LogP contribution in [0.3, 0.4) is 0 Å². The zero-order valence-electron chi connectivity index (χ0n) is 12.4. The Kier molecular flexibility index (Phi) is 2.72. The Bertz CT molecular complexity index is 457. The van der Waals surface area contributed by atoms with Gasteiger partial charge in [-0.2, -0.15) is 0 Å². The number of nitrogens with two attached hydrogens (primary N) is 1. The molecule has 2 saturated carbocycles. The van der Waals surface area contributed by atoms with Crippen molar-refractivity contribution in [2.75, 3.05) is 0 Å². The molecule has 0 bridgehead atoms. The quantitative estimate of drug-likeness (QED) is 0.889. The summed E-state index contributed by atoms with van der Waals surface area (Å²) in [6.45, 7) is 9.29. The average molecular weight is 259 g/mol. The summed E-state index contributed by atoms with van der Waals surface area (Å²) in [5.41, 5.74) is 8.36. The van der Waals surface area contributed by atoms with Gasteiger partial charge in [0.25, 0.3) is 0 Å². The zero-order chi connectivity index (χ0) is 13.8. The van der Waals surface area contributed by atoms with Crippen LogP contribution in [-0.2, 0) is 0 Å². The third kappa shape index (κ3) is 2.06. The molecule has 2 fully saturated rings. The molecular formula is C17H25NO. The molecule has 0 aliphatic heterocycles. The summed E-state index contributed by atoms with van der Waals surface area (Å²) in [7, 11) is 0. The lowest BCUT2D eigenvalue weighted by molar-refractivity contribution is 0.303. The van der Waals surface area contributed by atoms with Gasteiger partial charge >= 0.3 is 0 Å². The Labute approximate surface area is 116 Å². The average Bonchev–Trinajstić information content (AvgIpc) is 3.19. The molecule has 2 aliphatic carbocycles. The van der Waals surface area contributed by atoms with Gasteiger partial charge in [-0.05, 0) is 47.3 Å². The summed E-state index contributed by atoms with van der Waals surface area (Å²) < 4.78 is 5.78. The highest BCUT2D eigenvalue weighted by molar-refractivity contribution is 5.32. The monoisotopic (exact) mass is 259 g/mol. The summed E-state index contributed by atoms with van der Waals surface area (Å²) in [6.07, 6.45) is 2.86. The molecule has 104 valence electrons. The molecule has 0 radical (unpaired) electrons. The van der Waals surface area contributed by atoms with E-state index in [9.17, 15) is 0 Å². The van der Waals surface area contributed by atoms with Crippen LogP contribution in [0.2, 0.25) is 0 Å².